The van der Waals surface area contributed by atoms with Crippen LogP contribution in [0.4, 0.5) is 0 Å². The third-order valence-corrected chi connectivity index (χ3v) is 19.1. The van der Waals surface area contributed by atoms with E-state index in [4.69, 9.17) is 4.74 Å². The lowest BCUT2D eigenvalue weighted by Crippen LogP contribution is -2.45. The van der Waals surface area contributed by atoms with Gasteiger partial charge in [0.15, 0.2) is 0 Å². The minimum absolute atomic E-state index is 0.0216. The van der Waals surface area contributed by atoms with Crippen LogP contribution in [0.1, 0.15) is 463 Å². The van der Waals surface area contributed by atoms with Gasteiger partial charge in [-0.05, 0) is 51.4 Å². The third kappa shape index (κ3) is 71.7. The van der Waals surface area contributed by atoms with E-state index in [1.165, 1.54) is 392 Å². The summed E-state index contributed by atoms with van der Waals surface area (Å²) in [7, 11) is 0. The predicted molar refractivity (Wildman–Crippen MR) is 380 cm³/mol. The number of hydrogen-bond acceptors (Lipinski definition) is 5. The second-order valence-corrected chi connectivity index (χ2v) is 27.8. The maximum Gasteiger partial charge on any atom is 0.305 e. The molecule has 0 aromatic heterocycles. The minimum atomic E-state index is -0.661. The van der Waals surface area contributed by atoms with Crippen LogP contribution < -0.4 is 5.32 Å². The Hall–Kier alpha value is -1.40. The van der Waals surface area contributed by atoms with E-state index in [0.29, 0.717) is 25.9 Å². The lowest BCUT2D eigenvalue weighted by molar-refractivity contribution is -0.143. The number of esters is 1. The van der Waals surface area contributed by atoms with E-state index in [1.54, 1.807) is 0 Å². The van der Waals surface area contributed by atoms with Crippen molar-refractivity contribution in [3.8, 4) is 0 Å². The van der Waals surface area contributed by atoms with E-state index in [0.717, 1.165) is 38.5 Å². The van der Waals surface area contributed by atoms with Gasteiger partial charge < -0.3 is 20.3 Å². The van der Waals surface area contributed by atoms with Crippen LogP contribution in [0.5, 0.6) is 0 Å². The number of amides is 1. The van der Waals surface area contributed by atoms with Crippen molar-refractivity contribution in [2.75, 3.05) is 13.2 Å². The predicted octanol–water partition coefficient (Wildman–Crippen LogP) is 26.3. The van der Waals surface area contributed by atoms with Crippen molar-refractivity contribution >= 4 is 11.9 Å². The molecule has 0 spiro atoms. The van der Waals surface area contributed by atoms with Gasteiger partial charge in [-0.3, -0.25) is 9.59 Å². The summed E-state index contributed by atoms with van der Waals surface area (Å²) in [6.07, 6.45) is 95.9. The molecule has 86 heavy (non-hydrogen) atoms. The quantitative estimate of drug-likeness (QED) is 0.0320. The van der Waals surface area contributed by atoms with Crippen LogP contribution in [0.2, 0.25) is 0 Å². The van der Waals surface area contributed by atoms with Crippen molar-refractivity contribution in [2.45, 2.75) is 475 Å². The molecule has 0 aromatic carbocycles. The van der Waals surface area contributed by atoms with Crippen molar-refractivity contribution in [1.29, 1.82) is 0 Å². The molecule has 2 unspecified atom stereocenters. The number of carbonyl (C=O) groups is 2. The summed E-state index contributed by atoms with van der Waals surface area (Å²) < 4.78 is 5.52. The van der Waals surface area contributed by atoms with E-state index < -0.39 is 12.1 Å². The number of ether oxygens (including phenoxy) is 1. The number of allylic oxidation sites excluding steroid dienone is 2. The normalized spacial score (nSPS) is 12.5. The van der Waals surface area contributed by atoms with Gasteiger partial charge in [-0.25, -0.2) is 0 Å². The van der Waals surface area contributed by atoms with Gasteiger partial charge in [0.2, 0.25) is 5.91 Å². The fourth-order valence-electron chi connectivity index (χ4n) is 13.0. The van der Waals surface area contributed by atoms with Crippen molar-refractivity contribution in [2.24, 2.45) is 0 Å². The molecule has 0 aliphatic carbocycles. The maximum atomic E-state index is 12.6. The Balaban J connectivity index is 3.31. The smallest absolute Gasteiger partial charge is 0.305 e. The molecular weight excluding hydrogens is 1050 g/mol. The average Bonchev–Trinajstić information content (AvgIpc) is 3.54. The standard InChI is InChI=1S/C80H157NO5/c1-3-5-7-9-11-13-15-17-19-21-36-40-44-48-52-56-60-64-68-72-78(83)77(76-82)81-79(84)73-69-65-61-57-53-49-45-41-38-34-32-30-28-26-24-23-25-27-29-31-33-35-39-43-47-51-55-59-63-67-71-75-86-80(85)74-70-66-62-58-54-50-46-42-37-22-20-18-16-14-12-10-8-6-4-2/h18,20,77-78,82-83H,3-17,19,21-76H2,1-2H3,(H,81,84)/b20-18-. The zero-order chi connectivity index (χ0) is 62.0. The second kappa shape index (κ2) is 76.1. The molecule has 0 aromatic rings. The lowest BCUT2D eigenvalue weighted by atomic mass is 10.0. The third-order valence-electron chi connectivity index (χ3n) is 19.1. The van der Waals surface area contributed by atoms with Gasteiger partial charge in [-0.1, -0.05) is 411 Å². The highest BCUT2D eigenvalue weighted by atomic mass is 16.5. The Bertz CT molecular complexity index is 1300. The van der Waals surface area contributed by atoms with Gasteiger partial charge in [0.25, 0.3) is 0 Å². The Labute approximate surface area is 539 Å². The fraction of sp³-hybridized carbons (Fsp3) is 0.950. The van der Waals surface area contributed by atoms with Crippen LogP contribution >= 0.6 is 0 Å². The summed E-state index contributed by atoms with van der Waals surface area (Å²) in [5.74, 6) is -0.00384. The van der Waals surface area contributed by atoms with Crippen LogP contribution in [0.15, 0.2) is 12.2 Å². The first kappa shape index (κ1) is 84.6. The van der Waals surface area contributed by atoms with Crippen LogP contribution in [-0.2, 0) is 14.3 Å². The molecule has 0 saturated carbocycles. The van der Waals surface area contributed by atoms with E-state index >= 15 is 0 Å². The number of unbranched alkanes of at least 4 members (excludes halogenated alkanes) is 63. The Morgan fingerprint density at radius 3 is 0.826 bits per heavy atom. The number of aliphatic hydroxyl groups is 2. The highest BCUT2D eigenvalue weighted by molar-refractivity contribution is 5.76. The summed E-state index contributed by atoms with van der Waals surface area (Å²) >= 11 is 0. The van der Waals surface area contributed by atoms with Gasteiger partial charge in [0.05, 0.1) is 25.4 Å². The zero-order valence-electron chi connectivity index (χ0n) is 58.8. The van der Waals surface area contributed by atoms with Crippen molar-refractivity contribution in [1.82, 2.24) is 5.32 Å². The summed E-state index contributed by atoms with van der Waals surface area (Å²) in [6.45, 7) is 5.01. The molecule has 0 rings (SSSR count). The molecule has 3 N–H and O–H groups in total. The fourth-order valence-corrected chi connectivity index (χ4v) is 13.0. The molecule has 0 heterocycles. The first-order chi connectivity index (χ1) is 42.5. The average molecular weight is 1210 g/mol. The SMILES string of the molecule is CCCCCCCC/C=C\CCCCCCCCCCCC(=O)OCCCCCCCCCCCCCCCCCCCCCCCCCCCCCCCCCC(=O)NC(CO)C(O)CCCCCCCCCCCCCCCCCCCCC. The summed E-state index contributed by atoms with van der Waals surface area (Å²) in [5, 5.41) is 23.4. The molecule has 6 heteroatoms. The van der Waals surface area contributed by atoms with Crippen molar-refractivity contribution < 1.29 is 24.5 Å². The molecule has 0 fully saturated rings. The summed E-state index contributed by atoms with van der Waals surface area (Å²) in [5.41, 5.74) is 0. The lowest BCUT2D eigenvalue weighted by Gasteiger charge is -2.22. The molecule has 1 amide bonds. The molecule has 512 valence electrons. The number of carbonyl (C=O) groups excluding carboxylic acids is 2. The molecule has 2 atom stereocenters. The van der Waals surface area contributed by atoms with Gasteiger partial charge in [-0.2, -0.15) is 0 Å². The molecule has 0 aliphatic heterocycles. The second-order valence-electron chi connectivity index (χ2n) is 27.8. The van der Waals surface area contributed by atoms with Crippen molar-refractivity contribution in [3.63, 3.8) is 0 Å². The first-order valence-corrected chi connectivity index (χ1v) is 39.9. The molecule has 6 nitrogen and oxygen atoms in total. The van der Waals surface area contributed by atoms with Crippen LogP contribution in [0.3, 0.4) is 0 Å². The van der Waals surface area contributed by atoms with E-state index in [1.807, 2.05) is 0 Å². The molecule has 0 bridgehead atoms. The molecule has 0 saturated heterocycles. The van der Waals surface area contributed by atoms with Crippen LogP contribution in [0, 0.1) is 0 Å². The summed E-state index contributed by atoms with van der Waals surface area (Å²) in [6, 6.07) is -0.538. The van der Waals surface area contributed by atoms with Gasteiger partial charge in [0, 0.05) is 12.8 Å². The molecular formula is C80H157NO5. The minimum Gasteiger partial charge on any atom is -0.466 e. The Morgan fingerprint density at radius 1 is 0.314 bits per heavy atom. The number of rotatable bonds is 76. The maximum absolute atomic E-state index is 12.6. The Morgan fingerprint density at radius 2 is 0.547 bits per heavy atom. The van der Waals surface area contributed by atoms with E-state index in [2.05, 4.69) is 31.3 Å². The van der Waals surface area contributed by atoms with Gasteiger partial charge >= 0.3 is 5.97 Å². The first-order valence-electron chi connectivity index (χ1n) is 39.9. The van der Waals surface area contributed by atoms with E-state index in [-0.39, 0.29) is 18.5 Å². The topological polar surface area (TPSA) is 95.9 Å². The molecule has 0 radical (unpaired) electrons. The monoisotopic (exact) mass is 1210 g/mol. The number of hydrogen-bond donors (Lipinski definition) is 3. The van der Waals surface area contributed by atoms with Crippen LogP contribution in [0.25, 0.3) is 0 Å². The zero-order valence-corrected chi connectivity index (χ0v) is 58.8. The highest BCUT2D eigenvalue weighted by Gasteiger charge is 2.20. The highest BCUT2D eigenvalue weighted by Crippen LogP contribution is 2.20. The van der Waals surface area contributed by atoms with Gasteiger partial charge in [-0.15, -0.1) is 0 Å². The van der Waals surface area contributed by atoms with E-state index in [9.17, 15) is 19.8 Å². The van der Waals surface area contributed by atoms with Crippen molar-refractivity contribution in [3.05, 3.63) is 12.2 Å². The Kier molecular flexibility index (Phi) is 74.8. The number of nitrogens with one attached hydrogen (secondary N) is 1. The number of aliphatic hydroxyl groups excluding tert-OH is 2. The summed E-state index contributed by atoms with van der Waals surface area (Å²) in [4.78, 5) is 24.7. The van der Waals surface area contributed by atoms with Gasteiger partial charge in [0.1, 0.15) is 0 Å². The van der Waals surface area contributed by atoms with Crippen LogP contribution in [-0.4, -0.2) is 47.4 Å². The largest absolute Gasteiger partial charge is 0.466 e. The molecule has 0 aliphatic rings.